The number of aromatic nitrogens is 1. The van der Waals surface area contributed by atoms with E-state index in [2.05, 4.69) is 28.0 Å². The minimum atomic E-state index is 0.511. The molecule has 1 aliphatic heterocycles. The zero-order chi connectivity index (χ0) is 13.7. The van der Waals surface area contributed by atoms with Gasteiger partial charge in [-0.05, 0) is 37.0 Å². The quantitative estimate of drug-likeness (QED) is 0.910. The van der Waals surface area contributed by atoms with Crippen LogP contribution in [0.15, 0.2) is 40.1 Å². The third-order valence-corrected chi connectivity index (χ3v) is 3.99. The maximum atomic E-state index is 5.83. The summed E-state index contributed by atoms with van der Waals surface area (Å²) in [5.41, 5.74) is 8.83. The molecule has 0 bridgehead atoms. The Morgan fingerprint density at radius 1 is 1.42 bits per heavy atom. The van der Waals surface area contributed by atoms with Crippen LogP contribution in [0.25, 0.3) is 0 Å². The molecule has 0 saturated heterocycles. The van der Waals surface area contributed by atoms with E-state index in [-0.39, 0.29) is 0 Å². The molecule has 0 aliphatic carbocycles. The van der Waals surface area contributed by atoms with Crippen molar-refractivity contribution in [2.24, 2.45) is 15.7 Å². The highest BCUT2D eigenvalue weighted by molar-refractivity contribution is 8.15. The Morgan fingerprint density at radius 3 is 3.00 bits per heavy atom. The molecule has 2 rings (SSSR count). The average molecular weight is 292 g/mol. The number of amidine groups is 1. The smallest absolute Gasteiger partial charge is 0.184 e. The topological polar surface area (TPSA) is 63.6 Å². The number of hydrogen-bond donors (Lipinski definition) is 1. The summed E-state index contributed by atoms with van der Waals surface area (Å²) in [6, 6.07) is 4.07. The number of aryl methyl sites for hydroxylation is 1. The van der Waals surface area contributed by atoms with Crippen molar-refractivity contribution in [3.8, 4) is 0 Å². The van der Waals surface area contributed by atoms with Crippen LogP contribution in [0.3, 0.4) is 0 Å². The van der Waals surface area contributed by atoms with Gasteiger partial charge < -0.3 is 5.73 Å². The summed E-state index contributed by atoms with van der Waals surface area (Å²) in [5.74, 6) is 0.769. The maximum Gasteiger partial charge on any atom is 0.184 e. The van der Waals surface area contributed by atoms with E-state index in [0.717, 1.165) is 27.4 Å². The molecular formula is C13H16N4S2. The predicted octanol–water partition coefficient (Wildman–Crippen LogP) is 2.60. The highest BCUT2D eigenvalue weighted by Gasteiger charge is 2.07. The molecule has 0 aromatic carbocycles. The summed E-state index contributed by atoms with van der Waals surface area (Å²) >= 11 is 3.17. The van der Waals surface area contributed by atoms with Crippen molar-refractivity contribution in [3.63, 3.8) is 0 Å². The minimum Gasteiger partial charge on any atom is -0.400 e. The second-order valence-corrected chi connectivity index (χ2v) is 5.85. The van der Waals surface area contributed by atoms with Gasteiger partial charge in [-0.1, -0.05) is 11.8 Å². The first-order chi connectivity index (χ1) is 9.17. The van der Waals surface area contributed by atoms with E-state index < -0.39 is 0 Å². The lowest BCUT2D eigenvalue weighted by Gasteiger charge is -2.02. The van der Waals surface area contributed by atoms with Gasteiger partial charge in [-0.2, -0.15) is 0 Å². The molecule has 19 heavy (non-hydrogen) atoms. The third-order valence-electron chi connectivity index (χ3n) is 2.44. The van der Waals surface area contributed by atoms with E-state index in [1.54, 1.807) is 23.5 Å². The molecule has 1 aromatic rings. The summed E-state index contributed by atoms with van der Waals surface area (Å²) in [7, 11) is 0. The van der Waals surface area contributed by atoms with Crippen LogP contribution in [0.1, 0.15) is 11.3 Å². The molecule has 0 radical (unpaired) electrons. The Morgan fingerprint density at radius 2 is 2.26 bits per heavy atom. The van der Waals surface area contributed by atoms with Crippen molar-refractivity contribution >= 4 is 33.7 Å². The zero-order valence-electron chi connectivity index (χ0n) is 11.0. The van der Waals surface area contributed by atoms with Gasteiger partial charge in [-0.3, -0.25) is 9.98 Å². The zero-order valence-corrected chi connectivity index (χ0v) is 12.6. The molecule has 4 nitrogen and oxygen atoms in total. The van der Waals surface area contributed by atoms with Gasteiger partial charge in [0.05, 0.1) is 12.2 Å². The van der Waals surface area contributed by atoms with Crippen LogP contribution in [0.4, 0.5) is 0 Å². The molecular weight excluding hydrogens is 276 g/mol. The van der Waals surface area contributed by atoms with E-state index in [0.29, 0.717) is 6.54 Å². The number of pyridine rings is 1. The van der Waals surface area contributed by atoms with Crippen molar-refractivity contribution in [1.29, 1.82) is 0 Å². The van der Waals surface area contributed by atoms with Crippen molar-refractivity contribution in [2.45, 2.75) is 12.7 Å². The maximum absolute atomic E-state index is 5.83. The molecule has 1 aliphatic rings. The largest absolute Gasteiger partial charge is 0.400 e. The van der Waals surface area contributed by atoms with Gasteiger partial charge in [-0.25, -0.2) is 4.99 Å². The van der Waals surface area contributed by atoms with Gasteiger partial charge in [0.25, 0.3) is 0 Å². The van der Waals surface area contributed by atoms with Crippen molar-refractivity contribution in [3.05, 3.63) is 41.4 Å². The van der Waals surface area contributed by atoms with Crippen LogP contribution in [0, 0.1) is 6.92 Å². The second-order valence-electron chi connectivity index (χ2n) is 4.09. The number of rotatable bonds is 2. The number of hydrogen-bond acceptors (Lipinski definition) is 6. The van der Waals surface area contributed by atoms with E-state index >= 15 is 0 Å². The average Bonchev–Trinajstić information content (AvgIpc) is 2.58. The molecule has 0 amide bonds. The molecule has 0 spiro atoms. The summed E-state index contributed by atoms with van der Waals surface area (Å²) < 4.78 is 0. The summed E-state index contributed by atoms with van der Waals surface area (Å²) in [5, 5.41) is 1.67. The molecule has 0 fully saturated rings. The Bertz CT molecular complexity index is 549. The molecule has 100 valence electrons. The van der Waals surface area contributed by atoms with Crippen LogP contribution in [0.2, 0.25) is 0 Å². The van der Waals surface area contributed by atoms with Gasteiger partial charge in [0.1, 0.15) is 5.04 Å². The standard InChI is InChI=1S/C13H16N4S2/c1-9-3-4-15-11(5-9)8-19-13-16-7-10(14)6-12(17-13)18-2/h3-6H,7-8,14H2,1-2H3. The van der Waals surface area contributed by atoms with E-state index in [1.807, 2.05) is 24.6 Å². The second kappa shape index (κ2) is 6.77. The molecule has 0 atom stereocenters. The van der Waals surface area contributed by atoms with Crippen molar-refractivity contribution < 1.29 is 0 Å². The van der Waals surface area contributed by atoms with Crippen LogP contribution in [0.5, 0.6) is 0 Å². The lowest BCUT2D eigenvalue weighted by molar-refractivity contribution is 1.11. The summed E-state index contributed by atoms with van der Waals surface area (Å²) in [4.78, 5) is 13.2. The van der Waals surface area contributed by atoms with E-state index in [4.69, 9.17) is 5.73 Å². The lowest BCUT2D eigenvalue weighted by atomic mass is 10.3. The van der Waals surface area contributed by atoms with Crippen LogP contribution < -0.4 is 5.73 Å². The number of nitrogens with two attached hydrogens (primary N) is 1. The van der Waals surface area contributed by atoms with Gasteiger partial charge >= 0.3 is 0 Å². The lowest BCUT2D eigenvalue weighted by Crippen LogP contribution is -2.01. The first kappa shape index (κ1) is 14.1. The van der Waals surface area contributed by atoms with Crippen molar-refractivity contribution in [2.75, 3.05) is 12.8 Å². The third kappa shape index (κ3) is 4.40. The Kier molecular flexibility index (Phi) is 5.04. The summed E-state index contributed by atoms with van der Waals surface area (Å²) in [6.07, 6.45) is 5.70. The Labute approximate surface area is 121 Å². The van der Waals surface area contributed by atoms with Crippen molar-refractivity contribution in [1.82, 2.24) is 4.98 Å². The molecule has 2 heterocycles. The van der Waals surface area contributed by atoms with E-state index in [1.165, 1.54) is 5.56 Å². The summed E-state index contributed by atoms with van der Waals surface area (Å²) in [6.45, 7) is 2.57. The monoisotopic (exact) mass is 292 g/mol. The fourth-order valence-corrected chi connectivity index (χ4v) is 2.78. The van der Waals surface area contributed by atoms with Gasteiger partial charge in [0.15, 0.2) is 5.17 Å². The molecule has 0 saturated carbocycles. The number of nitrogens with zero attached hydrogens (tertiary/aromatic N) is 3. The normalized spacial score (nSPS) is 15.4. The van der Waals surface area contributed by atoms with Gasteiger partial charge in [-0.15, -0.1) is 11.8 Å². The van der Waals surface area contributed by atoms with Crippen LogP contribution >= 0.6 is 23.5 Å². The number of aliphatic imine (C=N–C) groups is 2. The fourth-order valence-electron chi connectivity index (χ4n) is 1.52. The first-order valence-corrected chi connectivity index (χ1v) is 8.06. The minimum absolute atomic E-state index is 0.511. The highest BCUT2D eigenvalue weighted by Crippen LogP contribution is 2.17. The van der Waals surface area contributed by atoms with E-state index in [9.17, 15) is 0 Å². The first-order valence-electron chi connectivity index (χ1n) is 5.85. The molecule has 6 heteroatoms. The molecule has 0 unspecified atom stereocenters. The fraction of sp³-hybridized carbons (Fsp3) is 0.308. The van der Waals surface area contributed by atoms with Gasteiger partial charge in [0, 0.05) is 17.6 Å². The Hall–Kier alpha value is -1.27. The molecule has 2 N–H and O–H groups in total. The van der Waals surface area contributed by atoms with Crippen LogP contribution in [-0.4, -0.2) is 28.0 Å². The number of thioether (sulfide) groups is 2. The SMILES string of the molecule is CSC1=NC(SCc2cc(C)ccn2)=NCC(N)=C1. The molecule has 1 aromatic heterocycles. The van der Waals surface area contributed by atoms with Gasteiger partial charge in [0.2, 0.25) is 0 Å². The van der Waals surface area contributed by atoms with Crippen LogP contribution in [-0.2, 0) is 5.75 Å². The Balaban J connectivity index is 2.03. The highest BCUT2D eigenvalue weighted by atomic mass is 32.2. The predicted molar refractivity (Wildman–Crippen MR) is 85.8 cm³/mol.